The molecule has 0 radical (unpaired) electrons. The number of hydrogen-bond acceptors (Lipinski definition) is 8. The van der Waals surface area contributed by atoms with E-state index in [1.165, 1.54) is 11.3 Å². The lowest BCUT2D eigenvalue weighted by atomic mass is 9.99. The Morgan fingerprint density at radius 3 is 2.71 bits per heavy atom. The van der Waals surface area contributed by atoms with E-state index in [0.717, 1.165) is 42.7 Å². The molecule has 0 spiro atoms. The summed E-state index contributed by atoms with van der Waals surface area (Å²) in [7, 11) is 1.59. The van der Waals surface area contributed by atoms with Gasteiger partial charge in [-0.05, 0) is 29.3 Å². The summed E-state index contributed by atoms with van der Waals surface area (Å²) in [6.07, 6.45) is 3.15. The van der Waals surface area contributed by atoms with Gasteiger partial charge in [-0.15, -0.1) is 0 Å². The minimum atomic E-state index is -0.0570. The van der Waals surface area contributed by atoms with Crippen LogP contribution in [0.4, 0.5) is 11.6 Å². The van der Waals surface area contributed by atoms with Gasteiger partial charge in [-0.25, -0.2) is 0 Å². The molecule has 2 aliphatic rings. The molecule has 0 aliphatic carbocycles. The molecule has 0 saturated heterocycles. The lowest BCUT2D eigenvalue weighted by Gasteiger charge is -2.27. The lowest BCUT2D eigenvalue weighted by molar-refractivity contribution is -0.117. The average molecular weight is 475 g/mol. The maximum atomic E-state index is 12.8. The van der Waals surface area contributed by atoms with E-state index in [4.69, 9.17) is 20.2 Å². The Labute approximate surface area is 204 Å². The zero-order chi connectivity index (χ0) is 24.4. The highest BCUT2D eigenvalue weighted by molar-refractivity contribution is 6.01. The van der Waals surface area contributed by atoms with Crippen molar-refractivity contribution in [1.29, 1.82) is 0 Å². The molecule has 0 fully saturated rings. The number of rotatable bonds is 8. The van der Waals surface area contributed by atoms with Crippen LogP contribution in [0.3, 0.4) is 0 Å². The Morgan fingerprint density at radius 1 is 1.11 bits per heavy atom. The summed E-state index contributed by atoms with van der Waals surface area (Å²) in [5.41, 5.74) is 12.5. The van der Waals surface area contributed by atoms with Gasteiger partial charge >= 0.3 is 6.01 Å². The zero-order valence-electron chi connectivity index (χ0n) is 20.2. The van der Waals surface area contributed by atoms with Crippen molar-refractivity contribution < 1.29 is 14.3 Å². The van der Waals surface area contributed by atoms with E-state index in [-0.39, 0.29) is 24.2 Å². The smallest absolute Gasteiger partial charge is 0.320 e. The Bertz CT molecular complexity index is 1230. The molecule has 1 amide bonds. The van der Waals surface area contributed by atoms with Crippen LogP contribution < -0.4 is 15.4 Å². The van der Waals surface area contributed by atoms with E-state index in [9.17, 15) is 4.79 Å². The number of nitrogens with two attached hydrogens (primary N) is 1. The van der Waals surface area contributed by atoms with E-state index in [1.54, 1.807) is 12.0 Å². The number of ether oxygens (including phenoxy) is 2. The highest BCUT2D eigenvalue weighted by Crippen LogP contribution is 2.33. The summed E-state index contributed by atoms with van der Waals surface area (Å²) in [4.78, 5) is 30.2. The van der Waals surface area contributed by atoms with Gasteiger partial charge in [0, 0.05) is 49.6 Å². The largest absolute Gasteiger partial charge is 0.461 e. The van der Waals surface area contributed by atoms with Gasteiger partial charge in [0.15, 0.2) is 0 Å². The molecule has 2 aliphatic heterocycles. The number of pyridine rings is 1. The molecule has 1 aromatic carbocycles. The van der Waals surface area contributed by atoms with Crippen molar-refractivity contribution in [2.24, 2.45) is 0 Å². The molecule has 5 rings (SSSR count). The predicted octanol–water partition coefficient (Wildman–Crippen LogP) is 2.61. The van der Waals surface area contributed by atoms with Gasteiger partial charge in [-0.1, -0.05) is 31.2 Å². The Kier molecular flexibility index (Phi) is 6.61. The number of hydrogen-bond donors (Lipinski definition) is 1. The number of carbonyl (C=O) groups excluding carboxylic acids is 1. The first-order valence-electron chi connectivity index (χ1n) is 11.9. The van der Waals surface area contributed by atoms with Gasteiger partial charge in [-0.3, -0.25) is 19.6 Å². The first-order chi connectivity index (χ1) is 17.1. The van der Waals surface area contributed by atoms with Crippen LogP contribution >= 0.6 is 0 Å². The molecule has 2 aromatic heterocycles. The normalized spacial score (nSPS) is 15.3. The van der Waals surface area contributed by atoms with Crippen LogP contribution in [0.25, 0.3) is 11.1 Å². The average Bonchev–Trinajstić information content (AvgIpc) is 3.19. The van der Waals surface area contributed by atoms with Crippen molar-refractivity contribution in [2.45, 2.75) is 32.9 Å². The molecular weight excluding hydrogens is 444 g/mol. The van der Waals surface area contributed by atoms with Crippen LogP contribution in [0.1, 0.15) is 29.3 Å². The second kappa shape index (κ2) is 9.97. The van der Waals surface area contributed by atoms with Gasteiger partial charge in [-0.2, -0.15) is 9.97 Å². The zero-order valence-corrected chi connectivity index (χ0v) is 20.2. The molecule has 3 aromatic rings. The van der Waals surface area contributed by atoms with E-state index >= 15 is 0 Å². The SMILES string of the molecule is CCN1CCc2ncc(-c3ccc(CN4C(=O)Cc5c(N)nc(OCCOC)nc54)cc3)cc2C1. The van der Waals surface area contributed by atoms with Crippen molar-refractivity contribution in [3.8, 4) is 17.1 Å². The van der Waals surface area contributed by atoms with Crippen LogP contribution in [0.15, 0.2) is 36.5 Å². The predicted molar refractivity (Wildman–Crippen MR) is 133 cm³/mol. The molecule has 0 bridgehead atoms. The summed E-state index contributed by atoms with van der Waals surface area (Å²) in [5.74, 6) is 0.729. The maximum Gasteiger partial charge on any atom is 0.320 e. The first kappa shape index (κ1) is 23.2. The third-order valence-electron chi connectivity index (χ3n) is 6.59. The fourth-order valence-corrected chi connectivity index (χ4v) is 4.57. The Morgan fingerprint density at radius 2 is 1.94 bits per heavy atom. The Balaban J connectivity index is 1.33. The number of nitrogens with zero attached hydrogens (tertiary/aromatic N) is 5. The van der Waals surface area contributed by atoms with Crippen molar-refractivity contribution in [3.05, 3.63) is 58.9 Å². The number of nitrogen functional groups attached to an aromatic ring is 1. The minimum Gasteiger partial charge on any atom is -0.461 e. The summed E-state index contributed by atoms with van der Waals surface area (Å²) in [6, 6.07) is 10.6. The third kappa shape index (κ3) is 4.82. The number of aromatic nitrogens is 3. The van der Waals surface area contributed by atoms with Crippen LogP contribution in [0, 0.1) is 0 Å². The summed E-state index contributed by atoms with van der Waals surface area (Å²) < 4.78 is 10.5. The number of methoxy groups -OCH3 is 1. The number of carbonyl (C=O) groups is 1. The van der Waals surface area contributed by atoms with E-state index < -0.39 is 0 Å². The number of anilines is 2. The highest BCUT2D eigenvalue weighted by atomic mass is 16.5. The van der Waals surface area contributed by atoms with Gasteiger partial charge in [0.05, 0.1) is 19.6 Å². The number of benzene rings is 1. The van der Waals surface area contributed by atoms with E-state index in [0.29, 0.717) is 31.1 Å². The van der Waals surface area contributed by atoms with Crippen LogP contribution in [0.5, 0.6) is 6.01 Å². The van der Waals surface area contributed by atoms with Crippen molar-refractivity contribution in [3.63, 3.8) is 0 Å². The van der Waals surface area contributed by atoms with Gasteiger partial charge in [0.25, 0.3) is 0 Å². The lowest BCUT2D eigenvalue weighted by Crippen LogP contribution is -2.30. The second-order valence-corrected chi connectivity index (χ2v) is 8.84. The molecule has 35 heavy (non-hydrogen) atoms. The molecule has 9 nitrogen and oxygen atoms in total. The monoisotopic (exact) mass is 474 g/mol. The second-order valence-electron chi connectivity index (χ2n) is 8.84. The molecule has 4 heterocycles. The molecule has 182 valence electrons. The van der Waals surface area contributed by atoms with E-state index in [1.807, 2.05) is 18.3 Å². The molecule has 0 atom stereocenters. The van der Waals surface area contributed by atoms with Crippen LogP contribution in [-0.4, -0.2) is 59.2 Å². The third-order valence-corrected chi connectivity index (χ3v) is 6.59. The number of fused-ring (bicyclic) bond motifs is 2. The summed E-state index contributed by atoms with van der Waals surface area (Å²) in [5, 5.41) is 0. The molecule has 9 heteroatoms. The fraction of sp³-hybridized carbons (Fsp3) is 0.385. The van der Waals surface area contributed by atoms with Gasteiger partial charge < -0.3 is 15.2 Å². The molecular formula is C26H30N6O3. The summed E-state index contributed by atoms with van der Waals surface area (Å²) >= 11 is 0. The fourth-order valence-electron chi connectivity index (χ4n) is 4.57. The maximum absolute atomic E-state index is 12.8. The van der Waals surface area contributed by atoms with Gasteiger partial charge in [0.1, 0.15) is 18.2 Å². The molecule has 2 N–H and O–H groups in total. The minimum absolute atomic E-state index is 0.0570. The molecule has 0 unspecified atom stereocenters. The number of amides is 1. The van der Waals surface area contributed by atoms with Crippen molar-refractivity contribution in [2.75, 3.05) is 44.0 Å². The van der Waals surface area contributed by atoms with Crippen LogP contribution in [-0.2, 0) is 35.5 Å². The number of likely N-dealkylation sites (N-methyl/N-ethyl adjacent to an activating group) is 1. The van der Waals surface area contributed by atoms with E-state index in [2.05, 4.69) is 40.0 Å². The van der Waals surface area contributed by atoms with Gasteiger partial charge in [0.2, 0.25) is 5.91 Å². The Hall–Kier alpha value is -3.56. The quantitative estimate of drug-likeness (QED) is 0.497. The topological polar surface area (TPSA) is 107 Å². The standard InChI is InChI=1S/C26H30N6O3/c1-3-31-9-8-22-20(16-31)12-19(14-28-22)18-6-4-17(5-7-18)15-32-23(33)13-21-24(27)29-26(30-25(21)32)35-11-10-34-2/h4-7,12,14H,3,8-11,13,15-16H2,1-2H3,(H2,27,29,30). The summed E-state index contributed by atoms with van der Waals surface area (Å²) in [6.45, 7) is 6.37. The first-order valence-corrected chi connectivity index (χ1v) is 11.9. The highest BCUT2D eigenvalue weighted by Gasteiger charge is 2.32. The van der Waals surface area contributed by atoms with Crippen molar-refractivity contribution in [1.82, 2.24) is 19.9 Å². The van der Waals surface area contributed by atoms with Crippen molar-refractivity contribution >= 4 is 17.5 Å². The van der Waals surface area contributed by atoms with Crippen LogP contribution in [0.2, 0.25) is 0 Å². The molecule has 0 saturated carbocycles.